The molecule has 0 saturated carbocycles. The molecule has 0 aliphatic rings. The summed E-state index contributed by atoms with van der Waals surface area (Å²) < 4.78 is 2.67. The molecule has 0 bridgehead atoms. The lowest BCUT2D eigenvalue weighted by atomic mass is 10.1. The number of nitrogens with zero attached hydrogens (tertiary/aromatic N) is 3. The van der Waals surface area contributed by atoms with Crippen molar-refractivity contribution in [3.8, 4) is 5.69 Å². The highest BCUT2D eigenvalue weighted by atomic mass is 79.9. The van der Waals surface area contributed by atoms with Crippen molar-refractivity contribution in [2.45, 2.75) is 6.04 Å². The summed E-state index contributed by atoms with van der Waals surface area (Å²) in [6, 6.07) is 17.7. The zero-order valence-electron chi connectivity index (χ0n) is 14.8. The standard InChI is InChI=1S/C20H21BrN4O/c1-24(2)19(15-6-4-3-5-7-15)13-22-20(26)16-8-10-18(11-9-16)25-14-17(21)12-23-25/h3-12,14,19H,13H2,1-2H3,(H,22,26). The number of carbonyl (C=O) groups excluding carboxylic acids is 1. The summed E-state index contributed by atoms with van der Waals surface area (Å²) in [5.74, 6) is -0.0824. The highest BCUT2D eigenvalue weighted by molar-refractivity contribution is 9.10. The second-order valence-electron chi connectivity index (χ2n) is 6.25. The molecule has 0 aliphatic heterocycles. The van der Waals surface area contributed by atoms with E-state index in [-0.39, 0.29) is 11.9 Å². The van der Waals surface area contributed by atoms with Gasteiger partial charge in [0.2, 0.25) is 0 Å². The maximum Gasteiger partial charge on any atom is 0.251 e. The van der Waals surface area contributed by atoms with Crippen molar-refractivity contribution in [2.24, 2.45) is 0 Å². The van der Waals surface area contributed by atoms with Crippen molar-refractivity contribution in [2.75, 3.05) is 20.6 Å². The Kier molecular flexibility index (Phi) is 5.85. The summed E-state index contributed by atoms with van der Waals surface area (Å²) in [5, 5.41) is 7.27. The molecule has 1 amide bonds. The molecule has 26 heavy (non-hydrogen) atoms. The fraction of sp³-hybridized carbons (Fsp3) is 0.200. The third-order valence-corrected chi connectivity index (χ3v) is 4.62. The largest absolute Gasteiger partial charge is 0.350 e. The first-order chi connectivity index (χ1) is 12.5. The summed E-state index contributed by atoms with van der Waals surface area (Å²) >= 11 is 3.38. The van der Waals surface area contributed by atoms with Gasteiger partial charge in [-0.05, 0) is 59.9 Å². The van der Waals surface area contributed by atoms with Crippen LogP contribution in [0, 0.1) is 0 Å². The van der Waals surface area contributed by atoms with Gasteiger partial charge in [-0.1, -0.05) is 30.3 Å². The highest BCUT2D eigenvalue weighted by Gasteiger charge is 2.15. The molecule has 0 fully saturated rings. The Hall–Kier alpha value is -2.44. The molecule has 0 saturated heterocycles. The second kappa shape index (κ2) is 8.29. The van der Waals surface area contributed by atoms with Gasteiger partial charge in [0.1, 0.15) is 0 Å². The van der Waals surface area contributed by atoms with Crippen LogP contribution in [0.1, 0.15) is 22.0 Å². The van der Waals surface area contributed by atoms with Crippen molar-refractivity contribution in [1.29, 1.82) is 0 Å². The number of benzene rings is 2. The first kappa shape index (κ1) is 18.4. The number of halogens is 1. The number of hydrogen-bond acceptors (Lipinski definition) is 3. The molecule has 1 N–H and O–H groups in total. The molecule has 0 radical (unpaired) electrons. The van der Waals surface area contributed by atoms with E-state index in [4.69, 9.17) is 0 Å². The summed E-state index contributed by atoms with van der Waals surface area (Å²) in [6.45, 7) is 0.545. The predicted molar refractivity (Wildman–Crippen MR) is 106 cm³/mol. The molecule has 1 aromatic heterocycles. The van der Waals surface area contributed by atoms with Crippen LogP contribution >= 0.6 is 15.9 Å². The number of hydrogen-bond donors (Lipinski definition) is 1. The van der Waals surface area contributed by atoms with Crippen LogP contribution < -0.4 is 5.32 Å². The molecular formula is C20H21BrN4O. The Balaban J connectivity index is 1.66. The van der Waals surface area contributed by atoms with Crippen LogP contribution in [0.2, 0.25) is 0 Å². The molecule has 134 valence electrons. The molecule has 5 nitrogen and oxygen atoms in total. The topological polar surface area (TPSA) is 50.2 Å². The van der Waals surface area contributed by atoms with Crippen LogP contribution in [0.3, 0.4) is 0 Å². The fourth-order valence-corrected chi connectivity index (χ4v) is 3.06. The lowest BCUT2D eigenvalue weighted by molar-refractivity contribution is 0.0942. The maximum atomic E-state index is 12.5. The third-order valence-electron chi connectivity index (χ3n) is 4.21. The SMILES string of the molecule is CN(C)C(CNC(=O)c1ccc(-n2cc(Br)cn2)cc1)c1ccccc1. The Morgan fingerprint density at radius 3 is 2.42 bits per heavy atom. The van der Waals surface area contributed by atoms with Crippen molar-refractivity contribution in [1.82, 2.24) is 20.0 Å². The Labute approximate surface area is 161 Å². The van der Waals surface area contributed by atoms with Gasteiger partial charge < -0.3 is 10.2 Å². The quantitative estimate of drug-likeness (QED) is 0.671. The van der Waals surface area contributed by atoms with Gasteiger partial charge in [0, 0.05) is 18.3 Å². The zero-order valence-corrected chi connectivity index (χ0v) is 16.3. The molecule has 6 heteroatoms. The molecule has 1 atom stereocenters. The summed E-state index contributed by atoms with van der Waals surface area (Å²) in [7, 11) is 4.03. The van der Waals surface area contributed by atoms with Gasteiger partial charge in [-0.15, -0.1) is 0 Å². The molecule has 1 heterocycles. The molecule has 3 aromatic rings. The molecule has 0 spiro atoms. The Morgan fingerprint density at radius 2 is 1.85 bits per heavy atom. The minimum Gasteiger partial charge on any atom is -0.350 e. The van der Waals surface area contributed by atoms with Crippen LogP contribution in [-0.2, 0) is 0 Å². The molecule has 2 aromatic carbocycles. The number of carbonyl (C=O) groups is 1. The second-order valence-corrected chi connectivity index (χ2v) is 7.17. The minimum absolute atomic E-state index is 0.0824. The van der Waals surface area contributed by atoms with Crippen molar-refractivity contribution in [3.05, 3.63) is 82.6 Å². The first-order valence-corrected chi connectivity index (χ1v) is 9.14. The average molecular weight is 413 g/mol. The summed E-state index contributed by atoms with van der Waals surface area (Å²) in [5.41, 5.74) is 2.71. The van der Waals surface area contributed by atoms with Crippen LogP contribution in [0.25, 0.3) is 5.69 Å². The van der Waals surface area contributed by atoms with E-state index in [9.17, 15) is 4.79 Å². The van der Waals surface area contributed by atoms with Gasteiger partial charge in [-0.3, -0.25) is 4.79 Å². The first-order valence-electron chi connectivity index (χ1n) is 8.35. The maximum absolute atomic E-state index is 12.5. The van der Waals surface area contributed by atoms with Gasteiger partial charge in [-0.25, -0.2) is 4.68 Å². The van der Waals surface area contributed by atoms with Gasteiger partial charge >= 0.3 is 0 Å². The summed E-state index contributed by atoms with van der Waals surface area (Å²) in [6.07, 6.45) is 3.60. The normalized spacial score (nSPS) is 12.2. The fourth-order valence-electron chi connectivity index (χ4n) is 2.77. The van der Waals surface area contributed by atoms with E-state index in [0.717, 1.165) is 10.2 Å². The van der Waals surface area contributed by atoms with Gasteiger partial charge in [0.05, 0.1) is 22.4 Å². The van der Waals surface area contributed by atoms with Crippen molar-refractivity contribution >= 4 is 21.8 Å². The van der Waals surface area contributed by atoms with Gasteiger partial charge in [0.25, 0.3) is 5.91 Å². The zero-order chi connectivity index (χ0) is 18.5. The lowest BCUT2D eigenvalue weighted by Gasteiger charge is -2.25. The van der Waals surface area contributed by atoms with Crippen LogP contribution in [0.5, 0.6) is 0 Å². The Morgan fingerprint density at radius 1 is 1.15 bits per heavy atom. The lowest BCUT2D eigenvalue weighted by Crippen LogP contribution is -2.34. The monoisotopic (exact) mass is 412 g/mol. The minimum atomic E-state index is -0.0824. The van der Waals surface area contributed by atoms with Gasteiger partial charge in [-0.2, -0.15) is 5.10 Å². The predicted octanol–water partition coefficient (Wildman–Crippen LogP) is 3.67. The smallest absolute Gasteiger partial charge is 0.251 e. The molecule has 0 aliphatic carbocycles. The van der Waals surface area contributed by atoms with E-state index in [1.54, 1.807) is 10.9 Å². The van der Waals surface area contributed by atoms with E-state index in [1.165, 1.54) is 5.56 Å². The molecular weight excluding hydrogens is 392 g/mol. The number of nitrogens with one attached hydrogen (secondary N) is 1. The van der Waals surface area contributed by atoms with Crippen molar-refractivity contribution in [3.63, 3.8) is 0 Å². The van der Waals surface area contributed by atoms with E-state index in [2.05, 4.69) is 43.4 Å². The van der Waals surface area contributed by atoms with Crippen LogP contribution in [-0.4, -0.2) is 41.2 Å². The average Bonchev–Trinajstić information content (AvgIpc) is 3.09. The Bertz CT molecular complexity index is 859. The number of aromatic nitrogens is 2. The van der Waals surface area contributed by atoms with Crippen LogP contribution in [0.15, 0.2) is 71.5 Å². The number of amides is 1. The van der Waals surface area contributed by atoms with E-state index in [1.807, 2.05) is 62.8 Å². The van der Waals surface area contributed by atoms with E-state index in [0.29, 0.717) is 12.1 Å². The number of rotatable bonds is 6. The number of likely N-dealkylation sites (N-methyl/N-ethyl adjacent to an activating group) is 1. The molecule has 3 rings (SSSR count). The third kappa shape index (κ3) is 4.39. The van der Waals surface area contributed by atoms with E-state index >= 15 is 0 Å². The van der Waals surface area contributed by atoms with E-state index < -0.39 is 0 Å². The summed E-state index contributed by atoms with van der Waals surface area (Å²) in [4.78, 5) is 14.6. The molecule has 1 unspecified atom stereocenters. The highest BCUT2D eigenvalue weighted by Crippen LogP contribution is 2.17. The van der Waals surface area contributed by atoms with Crippen LogP contribution in [0.4, 0.5) is 0 Å². The van der Waals surface area contributed by atoms with Gasteiger partial charge in [0.15, 0.2) is 0 Å². The van der Waals surface area contributed by atoms with Crippen molar-refractivity contribution < 1.29 is 4.79 Å².